The second-order valence-corrected chi connectivity index (χ2v) is 6.47. The molecule has 2 N–H and O–H groups in total. The average molecular weight is 270 g/mol. The molecule has 1 aliphatic carbocycles. The molecule has 1 heterocycles. The zero-order chi connectivity index (χ0) is 13.7. The fourth-order valence-corrected chi connectivity index (χ4v) is 3.58. The Morgan fingerprint density at radius 2 is 1.79 bits per heavy atom. The van der Waals surface area contributed by atoms with Crippen LogP contribution in [0.3, 0.4) is 0 Å². The molecule has 0 aromatic carbocycles. The summed E-state index contributed by atoms with van der Waals surface area (Å²) in [5.41, 5.74) is 0. The number of aliphatic hydroxyl groups is 2. The van der Waals surface area contributed by atoms with Crippen LogP contribution in [0.15, 0.2) is 0 Å². The lowest BCUT2D eigenvalue weighted by Crippen LogP contribution is -2.40. The summed E-state index contributed by atoms with van der Waals surface area (Å²) < 4.78 is 0. The molecule has 0 radical (unpaired) electrons. The van der Waals surface area contributed by atoms with Crippen molar-refractivity contribution in [1.29, 1.82) is 0 Å². The van der Waals surface area contributed by atoms with Gasteiger partial charge in [0.2, 0.25) is 0 Å². The van der Waals surface area contributed by atoms with Gasteiger partial charge in [-0.2, -0.15) is 0 Å². The van der Waals surface area contributed by atoms with Crippen LogP contribution in [0, 0.1) is 11.8 Å². The third-order valence-electron chi connectivity index (χ3n) is 4.79. The van der Waals surface area contributed by atoms with Gasteiger partial charge in [0.05, 0.1) is 12.7 Å². The number of rotatable bonds is 4. The maximum absolute atomic E-state index is 10.2. The van der Waals surface area contributed by atoms with E-state index < -0.39 is 0 Å². The standard InChI is InChI=1S/C15H30N2O2/c1-13-3-4-15(19)14(11-13)12-17-6-2-5-16(7-8-17)9-10-18/h13-15,18-19H,2-12H2,1H3. The maximum atomic E-state index is 10.2. The van der Waals surface area contributed by atoms with Gasteiger partial charge >= 0.3 is 0 Å². The Labute approximate surface area is 117 Å². The van der Waals surface area contributed by atoms with Gasteiger partial charge in [-0.15, -0.1) is 0 Å². The van der Waals surface area contributed by atoms with Crippen LogP contribution in [0.1, 0.15) is 32.6 Å². The molecule has 19 heavy (non-hydrogen) atoms. The molecule has 0 amide bonds. The first-order chi connectivity index (χ1) is 9.19. The van der Waals surface area contributed by atoms with Crippen LogP contribution in [0.4, 0.5) is 0 Å². The fraction of sp³-hybridized carbons (Fsp3) is 1.00. The first-order valence-corrected chi connectivity index (χ1v) is 7.92. The molecule has 3 unspecified atom stereocenters. The van der Waals surface area contributed by atoms with E-state index in [0.717, 1.165) is 51.6 Å². The molecule has 112 valence electrons. The van der Waals surface area contributed by atoms with Crippen molar-refractivity contribution < 1.29 is 10.2 Å². The summed E-state index contributed by atoms with van der Waals surface area (Å²) in [7, 11) is 0. The summed E-state index contributed by atoms with van der Waals surface area (Å²) in [6.07, 6.45) is 4.43. The molecule has 4 nitrogen and oxygen atoms in total. The van der Waals surface area contributed by atoms with Crippen molar-refractivity contribution in [2.45, 2.75) is 38.7 Å². The molecule has 0 aromatic rings. The molecule has 2 rings (SSSR count). The van der Waals surface area contributed by atoms with Gasteiger partial charge in [-0.05, 0) is 50.6 Å². The van der Waals surface area contributed by atoms with Gasteiger partial charge in [-0.3, -0.25) is 4.90 Å². The lowest BCUT2D eigenvalue weighted by atomic mass is 9.80. The Morgan fingerprint density at radius 1 is 1.05 bits per heavy atom. The number of hydrogen-bond acceptors (Lipinski definition) is 4. The molecular weight excluding hydrogens is 240 g/mol. The Hall–Kier alpha value is -0.160. The Kier molecular flexibility index (Phi) is 6.07. The van der Waals surface area contributed by atoms with Crippen LogP contribution in [0.25, 0.3) is 0 Å². The van der Waals surface area contributed by atoms with E-state index in [9.17, 15) is 5.11 Å². The monoisotopic (exact) mass is 270 g/mol. The zero-order valence-electron chi connectivity index (χ0n) is 12.3. The minimum atomic E-state index is -0.0898. The van der Waals surface area contributed by atoms with E-state index in [2.05, 4.69) is 16.7 Å². The van der Waals surface area contributed by atoms with E-state index in [1.165, 1.54) is 19.3 Å². The summed E-state index contributed by atoms with van der Waals surface area (Å²) in [5, 5.41) is 19.2. The van der Waals surface area contributed by atoms with Crippen LogP contribution in [0.5, 0.6) is 0 Å². The molecule has 0 bridgehead atoms. The second-order valence-electron chi connectivity index (χ2n) is 6.47. The van der Waals surface area contributed by atoms with Gasteiger partial charge in [0.25, 0.3) is 0 Å². The number of nitrogens with zero attached hydrogens (tertiary/aromatic N) is 2. The molecule has 0 spiro atoms. The van der Waals surface area contributed by atoms with Gasteiger partial charge in [-0.1, -0.05) is 6.92 Å². The van der Waals surface area contributed by atoms with Crippen LogP contribution >= 0.6 is 0 Å². The van der Waals surface area contributed by atoms with Crippen molar-refractivity contribution in [2.24, 2.45) is 11.8 Å². The highest BCUT2D eigenvalue weighted by molar-refractivity contribution is 4.81. The second kappa shape index (κ2) is 7.58. The van der Waals surface area contributed by atoms with Crippen LogP contribution in [0.2, 0.25) is 0 Å². The van der Waals surface area contributed by atoms with Crippen LogP contribution < -0.4 is 0 Å². The van der Waals surface area contributed by atoms with Gasteiger partial charge in [-0.25, -0.2) is 0 Å². The van der Waals surface area contributed by atoms with E-state index in [1.807, 2.05) is 0 Å². The average Bonchev–Trinajstić information content (AvgIpc) is 2.60. The lowest BCUT2D eigenvalue weighted by Gasteiger charge is -2.35. The predicted molar refractivity (Wildman–Crippen MR) is 77.1 cm³/mol. The Bertz CT molecular complexity index is 263. The van der Waals surface area contributed by atoms with Gasteiger partial charge in [0, 0.05) is 26.2 Å². The summed E-state index contributed by atoms with van der Waals surface area (Å²) in [6, 6.07) is 0. The minimum absolute atomic E-state index is 0.0898. The molecule has 1 saturated carbocycles. The molecular formula is C15H30N2O2. The molecule has 4 heteroatoms. The van der Waals surface area contributed by atoms with Crippen LogP contribution in [-0.4, -0.2) is 72.0 Å². The first kappa shape index (κ1) is 15.2. The third kappa shape index (κ3) is 4.71. The minimum Gasteiger partial charge on any atom is -0.395 e. The van der Waals surface area contributed by atoms with Crippen molar-refractivity contribution >= 4 is 0 Å². The Balaban J connectivity index is 1.78. The highest BCUT2D eigenvalue weighted by atomic mass is 16.3. The highest BCUT2D eigenvalue weighted by Crippen LogP contribution is 2.29. The van der Waals surface area contributed by atoms with Crippen LogP contribution in [-0.2, 0) is 0 Å². The smallest absolute Gasteiger partial charge is 0.0580 e. The zero-order valence-corrected chi connectivity index (χ0v) is 12.3. The van der Waals surface area contributed by atoms with E-state index in [-0.39, 0.29) is 12.7 Å². The lowest BCUT2D eigenvalue weighted by molar-refractivity contribution is 0.0311. The van der Waals surface area contributed by atoms with E-state index in [0.29, 0.717) is 5.92 Å². The first-order valence-electron chi connectivity index (χ1n) is 7.92. The highest BCUT2D eigenvalue weighted by Gasteiger charge is 2.29. The van der Waals surface area contributed by atoms with E-state index in [4.69, 9.17) is 5.11 Å². The topological polar surface area (TPSA) is 46.9 Å². The van der Waals surface area contributed by atoms with Gasteiger partial charge in [0.15, 0.2) is 0 Å². The molecule has 3 atom stereocenters. The summed E-state index contributed by atoms with van der Waals surface area (Å²) in [6.45, 7) is 8.80. The maximum Gasteiger partial charge on any atom is 0.0580 e. The number of aliphatic hydroxyl groups excluding tert-OH is 2. The molecule has 1 aliphatic heterocycles. The molecule has 2 fully saturated rings. The van der Waals surface area contributed by atoms with E-state index >= 15 is 0 Å². The quantitative estimate of drug-likeness (QED) is 0.793. The van der Waals surface area contributed by atoms with Crippen molar-refractivity contribution in [3.8, 4) is 0 Å². The van der Waals surface area contributed by atoms with Gasteiger partial charge < -0.3 is 15.1 Å². The SMILES string of the molecule is CC1CCC(O)C(CN2CCCN(CCO)CC2)C1. The number of hydrogen-bond donors (Lipinski definition) is 2. The fourth-order valence-electron chi connectivity index (χ4n) is 3.58. The van der Waals surface area contributed by atoms with E-state index in [1.54, 1.807) is 0 Å². The van der Waals surface area contributed by atoms with Crippen molar-refractivity contribution in [3.63, 3.8) is 0 Å². The summed E-state index contributed by atoms with van der Waals surface area (Å²) in [4.78, 5) is 4.86. The molecule has 2 aliphatic rings. The predicted octanol–water partition coefficient (Wildman–Crippen LogP) is 0.783. The van der Waals surface area contributed by atoms with Crippen molar-refractivity contribution in [3.05, 3.63) is 0 Å². The Morgan fingerprint density at radius 3 is 2.58 bits per heavy atom. The largest absolute Gasteiger partial charge is 0.395 e. The third-order valence-corrected chi connectivity index (χ3v) is 4.79. The molecule has 0 aromatic heterocycles. The van der Waals surface area contributed by atoms with Gasteiger partial charge in [0.1, 0.15) is 0 Å². The van der Waals surface area contributed by atoms with Crippen molar-refractivity contribution in [1.82, 2.24) is 9.80 Å². The van der Waals surface area contributed by atoms with Crippen molar-refractivity contribution in [2.75, 3.05) is 45.9 Å². The summed E-state index contributed by atoms with van der Waals surface area (Å²) >= 11 is 0. The normalized spacial score (nSPS) is 35.2. The summed E-state index contributed by atoms with van der Waals surface area (Å²) in [5.74, 6) is 1.24. The molecule has 1 saturated heterocycles. The number of β-amino-alcohol motifs (C(OH)–C–C–N with tert-alkyl or cyclic N) is 1.